The minimum Gasteiger partial charge on any atom is -0.298 e. The molecule has 1 aromatic rings. The minimum atomic E-state index is -4.37. The molecule has 0 aliphatic heterocycles. The van der Waals surface area contributed by atoms with Crippen LogP contribution in [0.15, 0.2) is 23.1 Å². The molecule has 0 amide bonds. The number of alkyl halides is 5. The predicted octanol–water partition coefficient (Wildman–Crippen LogP) is 5.22. The summed E-state index contributed by atoms with van der Waals surface area (Å²) in [5, 5.41) is 0.522. The second kappa shape index (κ2) is 6.43. The molecule has 18 heavy (non-hydrogen) atoms. The van der Waals surface area contributed by atoms with E-state index in [1.807, 2.05) is 0 Å². The lowest BCUT2D eigenvalue weighted by Gasteiger charge is -2.15. The van der Waals surface area contributed by atoms with Crippen molar-refractivity contribution in [1.29, 1.82) is 0 Å². The number of rotatable bonds is 4. The molecule has 0 saturated heterocycles. The first kappa shape index (κ1) is 16.0. The summed E-state index contributed by atoms with van der Waals surface area (Å²) in [6.07, 6.45) is 0. The van der Waals surface area contributed by atoms with Crippen molar-refractivity contribution in [2.24, 2.45) is 0 Å². The Labute approximate surface area is 124 Å². The maximum atomic E-state index is 12.4. The van der Waals surface area contributed by atoms with Crippen molar-refractivity contribution in [3.05, 3.63) is 29.3 Å². The molecule has 1 nitrogen and oxygen atoms in total. The van der Waals surface area contributed by atoms with Gasteiger partial charge in [-0.15, -0.1) is 0 Å². The highest BCUT2D eigenvalue weighted by Gasteiger charge is 2.31. The van der Waals surface area contributed by atoms with Crippen LogP contribution in [0.1, 0.15) is 22.9 Å². The van der Waals surface area contributed by atoms with Gasteiger partial charge < -0.3 is 0 Å². The number of benzene rings is 1. The smallest absolute Gasteiger partial charge is 0.298 e. The van der Waals surface area contributed by atoms with Crippen LogP contribution in [0.3, 0.4) is 0 Å². The van der Waals surface area contributed by atoms with Crippen molar-refractivity contribution in [2.45, 2.75) is 27.5 Å². The summed E-state index contributed by atoms with van der Waals surface area (Å²) in [5.41, 5.74) is -3.20. The average Bonchev–Trinajstić information content (AvgIpc) is 2.26. The quantitative estimate of drug-likeness (QED) is 0.504. The number of ketones is 1. The molecular formula is C11H9Br2F3OS. The third-order valence-corrected chi connectivity index (χ3v) is 4.69. The summed E-state index contributed by atoms with van der Waals surface area (Å²) in [5.74, 6) is -0.231. The van der Waals surface area contributed by atoms with Crippen LogP contribution in [0.2, 0.25) is 0 Å². The third-order valence-electron chi connectivity index (χ3n) is 2.08. The van der Waals surface area contributed by atoms with E-state index in [-0.39, 0.29) is 22.4 Å². The van der Waals surface area contributed by atoms with Gasteiger partial charge >= 0.3 is 5.51 Å². The predicted molar refractivity (Wildman–Crippen MR) is 73.3 cm³/mol. The second-order valence-electron chi connectivity index (χ2n) is 3.53. The van der Waals surface area contributed by atoms with Gasteiger partial charge in [0.05, 0.1) is 4.83 Å². The summed E-state index contributed by atoms with van der Waals surface area (Å²) in [4.78, 5) is 10.6. The lowest BCUT2D eigenvalue weighted by molar-refractivity contribution is -0.116. The lowest BCUT2D eigenvalue weighted by Crippen LogP contribution is -2.06. The third kappa shape index (κ3) is 4.59. The van der Waals surface area contributed by atoms with Gasteiger partial charge in [0.2, 0.25) is 0 Å². The number of carbonyl (C=O) groups is 1. The van der Waals surface area contributed by atoms with Crippen LogP contribution in [0, 0.1) is 0 Å². The molecule has 0 radical (unpaired) electrons. The Hall–Kier alpha value is -0.0100. The molecule has 1 rings (SSSR count). The number of halogens is 5. The van der Waals surface area contributed by atoms with E-state index >= 15 is 0 Å². The van der Waals surface area contributed by atoms with Crippen LogP contribution in [-0.2, 0) is 10.1 Å². The summed E-state index contributed by atoms with van der Waals surface area (Å²) in [7, 11) is 0. The topological polar surface area (TPSA) is 17.1 Å². The molecular weight excluding hydrogens is 397 g/mol. The Morgan fingerprint density at radius 1 is 1.44 bits per heavy atom. The van der Waals surface area contributed by atoms with Gasteiger partial charge in [-0.25, -0.2) is 0 Å². The molecule has 0 aliphatic rings. The molecule has 0 aromatic heterocycles. The van der Waals surface area contributed by atoms with Crippen LogP contribution in [0.5, 0.6) is 0 Å². The van der Waals surface area contributed by atoms with Crippen molar-refractivity contribution in [3.63, 3.8) is 0 Å². The normalized spacial score (nSPS) is 13.4. The van der Waals surface area contributed by atoms with E-state index in [0.29, 0.717) is 10.9 Å². The Bertz CT molecular complexity index is 448. The Balaban J connectivity index is 3.20. The van der Waals surface area contributed by atoms with Crippen molar-refractivity contribution in [1.82, 2.24) is 0 Å². The maximum absolute atomic E-state index is 12.4. The van der Waals surface area contributed by atoms with Crippen molar-refractivity contribution in [3.8, 4) is 0 Å². The summed E-state index contributed by atoms with van der Waals surface area (Å²) in [6.45, 7) is 1.34. The number of hydrogen-bond acceptors (Lipinski definition) is 2. The van der Waals surface area contributed by atoms with Crippen molar-refractivity contribution >= 4 is 49.4 Å². The van der Waals surface area contributed by atoms with E-state index in [9.17, 15) is 18.0 Å². The van der Waals surface area contributed by atoms with E-state index in [1.165, 1.54) is 13.0 Å². The van der Waals surface area contributed by atoms with E-state index in [2.05, 4.69) is 31.9 Å². The first-order chi connectivity index (χ1) is 8.24. The number of Topliss-reactive ketones (excluding diaryl/α,β-unsaturated/α-hetero) is 1. The van der Waals surface area contributed by atoms with Crippen LogP contribution < -0.4 is 0 Å². The highest BCUT2D eigenvalue weighted by atomic mass is 79.9. The summed E-state index contributed by atoms with van der Waals surface area (Å²) < 4.78 is 37.3. The van der Waals surface area contributed by atoms with Crippen LogP contribution in [0.4, 0.5) is 13.2 Å². The van der Waals surface area contributed by atoms with Gasteiger partial charge in [-0.3, -0.25) is 4.79 Å². The van der Waals surface area contributed by atoms with E-state index in [4.69, 9.17) is 0 Å². The molecule has 0 aliphatic carbocycles. The maximum Gasteiger partial charge on any atom is 0.446 e. The molecule has 0 heterocycles. The van der Waals surface area contributed by atoms with Gasteiger partial charge in [-0.05, 0) is 35.9 Å². The lowest BCUT2D eigenvalue weighted by atomic mass is 10.1. The van der Waals surface area contributed by atoms with Gasteiger partial charge in [-0.1, -0.05) is 44.0 Å². The molecule has 0 N–H and O–H groups in total. The number of carbonyl (C=O) groups excluding carboxylic acids is 1. The van der Waals surface area contributed by atoms with Gasteiger partial charge in [-0.2, -0.15) is 13.2 Å². The van der Waals surface area contributed by atoms with Gasteiger partial charge in [0.25, 0.3) is 0 Å². The fourth-order valence-electron chi connectivity index (χ4n) is 1.32. The Kier molecular flexibility index (Phi) is 5.73. The highest BCUT2D eigenvalue weighted by molar-refractivity contribution is 9.09. The summed E-state index contributed by atoms with van der Waals surface area (Å²) in [6, 6.07) is 4.59. The molecule has 0 spiro atoms. The Morgan fingerprint density at radius 3 is 2.50 bits per heavy atom. The van der Waals surface area contributed by atoms with E-state index in [1.54, 1.807) is 12.1 Å². The van der Waals surface area contributed by atoms with Crippen LogP contribution in [-0.4, -0.2) is 11.3 Å². The molecule has 1 atom stereocenters. The zero-order valence-electron chi connectivity index (χ0n) is 9.22. The van der Waals surface area contributed by atoms with Crippen LogP contribution in [0.25, 0.3) is 0 Å². The van der Waals surface area contributed by atoms with Crippen molar-refractivity contribution in [2.75, 3.05) is 0 Å². The minimum absolute atomic E-state index is 0.0456. The zero-order valence-corrected chi connectivity index (χ0v) is 13.2. The van der Waals surface area contributed by atoms with Gasteiger partial charge in [0.15, 0.2) is 0 Å². The second-order valence-corrected chi connectivity index (χ2v) is 6.11. The van der Waals surface area contributed by atoms with Crippen LogP contribution >= 0.6 is 43.6 Å². The first-order valence-corrected chi connectivity index (χ1v) is 7.69. The zero-order chi connectivity index (χ0) is 13.9. The first-order valence-electron chi connectivity index (χ1n) is 4.83. The number of thioether (sulfide) groups is 1. The molecule has 0 fully saturated rings. The number of hydrogen-bond donors (Lipinski definition) is 0. The standard InChI is InChI=1S/C11H9Br2F3OS/c1-6(17)10(13)8-4-7(5-12)2-3-9(8)18-11(14,15)16/h2-4,10H,5H2,1H3. The molecule has 7 heteroatoms. The van der Waals surface area contributed by atoms with Crippen molar-refractivity contribution < 1.29 is 18.0 Å². The largest absolute Gasteiger partial charge is 0.446 e. The fraction of sp³-hybridized carbons (Fsp3) is 0.364. The monoisotopic (exact) mass is 404 g/mol. The van der Waals surface area contributed by atoms with Gasteiger partial charge in [0.1, 0.15) is 5.78 Å². The van der Waals surface area contributed by atoms with Gasteiger partial charge in [0, 0.05) is 10.2 Å². The highest BCUT2D eigenvalue weighted by Crippen LogP contribution is 2.42. The fourth-order valence-corrected chi connectivity index (χ4v) is 2.87. The van der Waals surface area contributed by atoms with E-state index in [0.717, 1.165) is 5.56 Å². The SMILES string of the molecule is CC(=O)C(Br)c1cc(CBr)ccc1SC(F)(F)F. The molecule has 1 unspecified atom stereocenters. The molecule has 0 bridgehead atoms. The molecule has 100 valence electrons. The molecule has 0 saturated carbocycles. The summed E-state index contributed by atoms with van der Waals surface area (Å²) >= 11 is 6.16. The average molecular weight is 406 g/mol. The molecule has 1 aromatic carbocycles. The van der Waals surface area contributed by atoms with E-state index < -0.39 is 10.3 Å². The Morgan fingerprint density at radius 2 is 2.06 bits per heavy atom.